The van der Waals surface area contributed by atoms with Gasteiger partial charge in [-0.05, 0) is 37.1 Å². The van der Waals surface area contributed by atoms with E-state index in [1.807, 2.05) is 30.3 Å². The number of benzene rings is 2. The van der Waals surface area contributed by atoms with E-state index in [9.17, 15) is 14.4 Å². The van der Waals surface area contributed by atoms with Crippen molar-refractivity contribution in [3.63, 3.8) is 0 Å². The van der Waals surface area contributed by atoms with Gasteiger partial charge in [-0.15, -0.1) is 0 Å². The summed E-state index contributed by atoms with van der Waals surface area (Å²) in [5.74, 6) is -1.54. The predicted octanol–water partition coefficient (Wildman–Crippen LogP) is 1.92. The highest BCUT2D eigenvalue weighted by Gasteiger charge is 2.44. The van der Waals surface area contributed by atoms with Gasteiger partial charge in [0.2, 0.25) is 5.91 Å². The second kappa shape index (κ2) is 8.77. The van der Waals surface area contributed by atoms with Gasteiger partial charge < -0.3 is 14.5 Å². The number of amides is 1. The highest BCUT2D eigenvalue weighted by Crippen LogP contribution is 2.24. The van der Waals surface area contributed by atoms with Crippen LogP contribution in [0.4, 0.5) is 0 Å². The van der Waals surface area contributed by atoms with Crippen LogP contribution in [-0.2, 0) is 27.4 Å². The van der Waals surface area contributed by atoms with Crippen LogP contribution in [0.1, 0.15) is 18.4 Å². The lowest BCUT2D eigenvalue weighted by atomic mass is 9.88. The Bertz CT molecular complexity index is 1140. The van der Waals surface area contributed by atoms with Crippen LogP contribution in [-0.4, -0.2) is 47.1 Å². The fourth-order valence-electron chi connectivity index (χ4n) is 4.25. The van der Waals surface area contributed by atoms with Gasteiger partial charge in [-0.25, -0.2) is 9.59 Å². The van der Waals surface area contributed by atoms with Crippen molar-refractivity contribution in [3.8, 4) is 0 Å². The van der Waals surface area contributed by atoms with Crippen LogP contribution >= 0.6 is 0 Å². The summed E-state index contributed by atoms with van der Waals surface area (Å²) in [5, 5.41) is 2.87. The number of nitrogens with zero attached hydrogens (tertiary/aromatic N) is 2. The van der Waals surface area contributed by atoms with Crippen LogP contribution in [0.5, 0.6) is 0 Å². The molecule has 8 nitrogen and oxygen atoms in total. The Morgan fingerprint density at radius 2 is 1.87 bits per heavy atom. The highest BCUT2D eigenvalue weighted by molar-refractivity contribution is 5.89. The number of methoxy groups -OCH3 is 1. The average Bonchev–Trinajstić information content (AvgIpc) is 3.09. The molecular formula is C23H25N3O5. The summed E-state index contributed by atoms with van der Waals surface area (Å²) < 4.78 is 11.5. The Balaban J connectivity index is 1.53. The zero-order chi connectivity index (χ0) is 21.8. The molecule has 4 rings (SSSR count). The third-order valence-electron chi connectivity index (χ3n) is 5.65. The number of carbonyl (C=O) groups is 2. The molecule has 2 heterocycles. The molecular weight excluding hydrogens is 398 g/mol. The SMILES string of the molecule is COC(=O)C1(NC(=O)Cn2c(=O)oc3ccccc32)CCCN(Cc2ccccc2)C1. The van der Waals surface area contributed by atoms with Gasteiger partial charge in [0.15, 0.2) is 11.1 Å². The number of hydrogen-bond donors (Lipinski definition) is 1. The molecule has 31 heavy (non-hydrogen) atoms. The van der Waals surface area contributed by atoms with Crippen LogP contribution < -0.4 is 11.1 Å². The number of piperidine rings is 1. The number of likely N-dealkylation sites (tertiary alicyclic amines) is 1. The quantitative estimate of drug-likeness (QED) is 0.609. The van der Waals surface area contributed by atoms with E-state index in [4.69, 9.17) is 9.15 Å². The number of aromatic nitrogens is 1. The number of para-hydroxylation sites is 2. The largest absolute Gasteiger partial charge is 0.467 e. The van der Waals surface area contributed by atoms with Gasteiger partial charge in [0.25, 0.3) is 0 Å². The Hall–Kier alpha value is -3.39. The number of ether oxygens (including phenoxy) is 1. The van der Waals surface area contributed by atoms with Gasteiger partial charge in [0, 0.05) is 13.1 Å². The van der Waals surface area contributed by atoms with E-state index in [1.165, 1.54) is 11.7 Å². The molecule has 1 unspecified atom stereocenters. The van der Waals surface area contributed by atoms with Crippen molar-refractivity contribution in [1.82, 2.24) is 14.8 Å². The average molecular weight is 423 g/mol. The molecule has 8 heteroatoms. The number of esters is 1. The normalized spacial score (nSPS) is 19.3. The molecule has 1 N–H and O–H groups in total. The lowest BCUT2D eigenvalue weighted by Crippen LogP contribution is -2.64. The van der Waals surface area contributed by atoms with E-state index in [-0.39, 0.29) is 6.54 Å². The first-order valence-electron chi connectivity index (χ1n) is 10.2. The minimum atomic E-state index is -1.16. The summed E-state index contributed by atoms with van der Waals surface area (Å²) in [6, 6.07) is 16.9. The van der Waals surface area contributed by atoms with E-state index in [0.29, 0.717) is 30.6 Å². The van der Waals surface area contributed by atoms with Crippen molar-refractivity contribution in [3.05, 3.63) is 70.7 Å². The standard InChI is InChI=1S/C23H25N3O5/c1-30-21(28)23(12-7-13-25(16-23)14-17-8-3-2-4-9-17)24-20(27)15-26-18-10-5-6-11-19(18)31-22(26)29/h2-6,8-11H,7,12-16H2,1H3,(H,24,27). The lowest BCUT2D eigenvalue weighted by Gasteiger charge is -2.41. The molecule has 1 aliphatic heterocycles. The van der Waals surface area contributed by atoms with Crippen LogP contribution in [0.2, 0.25) is 0 Å². The van der Waals surface area contributed by atoms with Crippen LogP contribution in [0.25, 0.3) is 11.1 Å². The van der Waals surface area contributed by atoms with Gasteiger partial charge in [-0.3, -0.25) is 14.3 Å². The molecule has 3 aromatic rings. The van der Waals surface area contributed by atoms with E-state index < -0.39 is 23.2 Å². The van der Waals surface area contributed by atoms with Crippen molar-refractivity contribution in [2.24, 2.45) is 0 Å². The molecule has 2 aromatic carbocycles. The second-order valence-electron chi connectivity index (χ2n) is 7.84. The van der Waals surface area contributed by atoms with E-state index in [1.54, 1.807) is 24.3 Å². The van der Waals surface area contributed by atoms with Crippen molar-refractivity contribution in [2.45, 2.75) is 31.5 Å². The molecule has 1 aromatic heterocycles. The smallest absolute Gasteiger partial charge is 0.420 e. The minimum Gasteiger partial charge on any atom is -0.467 e. The Kier molecular flexibility index (Phi) is 5.90. The maximum Gasteiger partial charge on any atom is 0.420 e. The van der Waals surface area contributed by atoms with Crippen molar-refractivity contribution in [1.29, 1.82) is 0 Å². The number of fused-ring (bicyclic) bond motifs is 1. The van der Waals surface area contributed by atoms with Crippen LogP contribution in [0.3, 0.4) is 0 Å². The molecule has 0 spiro atoms. The molecule has 1 amide bonds. The molecule has 1 atom stereocenters. The first kappa shape index (κ1) is 20.9. The first-order valence-corrected chi connectivity index (χ1v) is 10.2. The Morgan fingerprint density at radius 1 is 1.13 bits per heavy atom. The maximum absolute atomic E-state index is 12.9. The van der Waals surface area contributed by atoms with Crippen molar-refractivity contribution < 1.29 is 18.7 Å². The zero-order valence-electron chi connectivity index (χ0n) is 17.4. The first-order chi connectivity index (χ1) is 15.0. The molecule has 0 radical (unpaired) electrons. The minimum absolute atomic E-state index is 0.243. The van der Waals surface area contributed by atoms with E-state index >= 15 is 0 Å². The monoisotopic (exact) mass is 423 g/mol. The summed E-state index contributed by atoms with van der Waals surface area (Å²) in [6.45, 7) is 1.57. The van der Waals surface area contributed by atoms with Gasteiger partial charge in [-0.2, -0.15) is 0 Å². The molecule has 0 saturated carbocycles. The maximum atomic E-state index is 12.9. The number of hydrogen-bond acceptors (Lipinski definition) is 6. The van der Waals surface area contributed by atoms with Crippen LogP contribution in [0, 0.1) is 0 Å². The van der Waals surface area contributed by atoms with Crippen LogP contribution in [0.15, 0.2) is 63.8 Å². The summed E-state index contributed by atoms with van der Waals surface area (Å²) in [7, 11) is 1.32. The summed E-state index contributed by atoms with van der Waals surface area (Å²) in [5.41, 5.74) is 0.909. The Labute approximate surface area is 179 Å². The van der Waals surface area contributed by atoms with Gasteiger partial charge in [0.05, 0.1) is 12.6 Å². The number of oxazole rings is 1. The Morgan fingerprint density at radius 3 is 2.65 bits per heavy atom. The summed E-state index contributed by atoms with van der Waals surface area (Å²) in [4.78, 5) is 40.0. The number of carbonyl (C=O) groups excluding carboxylic acids is 2. The molecule has 1 fully saturated rings. The lowest BCUT2D eigenvalue weighted by molar-refractivity contribution is -0.154. The van der Waals surface area contributed by atoms with Crippen molar-refractivity contribution >= 4 is 23.0 Å². The van der Waals surface area contributed by atoms with E-state index in [0.717, 1.165) is 18.5 Å². The molecule has 1 aliphatic rings. The second-order valence-corrected chi connectivity index (χ2v) is 7.84. The fourth-order valence-corrected chi connectivity index (χ4v) is 4.25. The number of nitrogens with one attached hydrogen (secondary N) is 1. The third-order valence-corrected chi connectivity index (χ3v) is 5.65. The van der Waals surface area contributed by atoms with Gasteiger partial charge >= 0.3 is 11.7 Å². The molecule has 1 saturated heterocycles. The van der Waals surface area contributed by atoms with Crippen molar-refractivity contribution in [2.75, 3.05) is 20.2 Å². The molecule has 0 bridgehead atoms. The third kappa shape index (κ3) is 4.39. The topological polar surface area (TPSA) is 93.8 Å². The summed E-state index contributed by atoms with van der Waals surface area (Å²) in [6.07, 6.45) is 1.20. The fraction of sp³-hybridized carbons (Fsp3) is 0.348. The van der Waals surface area contributed by atoms with Gasteiger partial charge in [-0.1, -0.05) is 42.5 Å². The zero-order valence-corrected chi connectivity index (χ0v) is 17.4. The molecule has 0 aliphatic carbocycles. The highest BCUT2D eigenvalue weighted by atomic mass is 16.5. The number of rotatable bonds is 6. The molecule has 162 valence electrons. The predicted molar refractivity (Wildman–Crippen MR) is 114 cm³/mol. The van der Waals surface area contributed by atoms with Gasteiger partial charge in [0.1, 0.15) is 6.54 Å². The summed E-state index contributed by atoms with van der Waals surface area (Å²) >= 11 is 0. The van der Waals surface area contributed by atoms with E-state index in [2.05, 4.69) is 10.2 Å².